The lowest BCUT2D eigenvalue weighted by Gasteiger charge is -2.18. The van der Waals surface area contributed by atoms with E-state index in [1.165, 1.54) is 12.3 Å². The largest absolute Gasteiger partial charge is 0.463 e. The van der Waals surface area contributed by atoms with Crippen LogP contribution in [0.4, 0.5) is 0 Å². The number of carbonyl (C=O) groups is 1. The van der Waals surface area contributed by atoms with Crippen LogP contribution in [0.2, 0.25) is 5.02 Å². The third-order valence-corrected chi connectivity index (χ3v) is 5.44. The van der Waals surface area contributed by atoms with E-state index < -0.39 is 5.97 Å². The van der Waals surface area contributed by atoms with E-state index in [-0.39, 0.29) is 10.8 Å². The van der Waals surface area contributed by atoms with Crippen LogP contribution in [0, 0.1) is 0 Å². The molecule has 0 aliphatic carbocycles. The molecular formula is C26H21ClO4. The van der Waals surface area contributed by atoms with Crippen LogP contribution >= 0.6 is 11.6 Å². The first-order valence-corrected chi connectivity index (χ1v) is 10.2. The lowest BCUT2D eigenvalue weighted by Crippen LogP contribution is -2.13. The molecule has 0 spiro atoms. The van der Waals surface area contributed by atoms with Crippen LogP contribution in [0.3, 0.4) is 0 Å². The van der Waals surface area contributed by atoms with E-state index in [0.29, 0.717) is 38.4 Å². The van der Waals surface area contributed by atoms with Crippen LogP contribution in [0.5, 0.6) is 5.75 Å². The molecule has 3 aromatic carbocycles. The minimum Gasteiger partial charge on any atom is -0.463 e. The molecule has 1 heterocycles. The summed E-state index contributed by atoms with van der Waals surface area (Å²) in [5.74, 6) is -0.180. The molecule has 0 aliphatic heterocycles. The molecule has 0 N–H and O–H groups in total. The van der Waals surface area contributed by atoms with E-state index >= 15 is 0 Å². The van der Waals surface area contributed by atoms with Gasteiger partial charge >= 0.3 is 5.97 Å². The minimum atomic E-state index is -0.477. The smallest absolute Gasteiger partial charge is 0.343 e. The standard InChI is InChI=1S/C26H21ClO4/c1-26(2,3)17-10-8-16(9-11-17)25(29)31-18-12-13-20-23(14-18)30-15-21(24(20)28)19-6-4-5-7-22(19)27/h4-15H,1-3H3. The first-order valence-electron chi connectivity index (χ1n) is 9.87. The van der Waals surface area contributed by atoms with Crippen LogP contribution in [0.25, 0.3) is 22.1 Å². The van der Waals surface area contributed by atoms with Crippen molar-refractivity contribution in [2.45, 2.75) is 26.2 Å². The third kappa shape index (κ3) is 4.25. The van der Waals surface area contributed by atoms with Gasteiger partial charge in [0, 0.05) is 16.7 Å². The van der Waals surface area contributed by atoms with Gasteiger partial charge in [-0.05, 0) is 41.3 Å². The molecule has 0 bridgehead atoms. The third-order valence-electron chi connectivity index (χ3n) is 5.11. The SMILES string of the molecule is CC(C)(C)c1ccc(C(=O)Oc2ccc3c(=O)c(-c4ccccc4Cl)coc3c2)cc1. The van der Waals surface area contributed by atoms with E-state index in [2.05, 4.69) is 20.8 Å². The molecule has 156 valence electrons. The summed E-state index contributed by atoms with van der Waals surface area (Å²) in [5, 5.41) is 0.851. The summed E-state index contributed by atoms with van der Waals surface area (Å²) < 4.78 is 11.2. The summed E-state index contributed by atoms with van der Waals surface area (Å²) in [4.78, 5) is 25.4. The van der Waals surface area contributed by atoms with Gasteiger partial charge in [0.05, 0.1) is 16.5 Å². The predicted octanol–water partition coefficient (Wildman–Crippen LogP) is 6.63. The Morgan fingerprint density at radius 1 is 0.935 bits per heavy atom. The highest BCUT2D eigenvalue weighted by Gasteiger charge is 2.16. The number of halogens is 1. The summed E-state index contributed by atoms with van der Waals surface area (Å²) in [6, 6.07) is 19.1. The monoisotopic (exact) mass is 432 g/mol. The van der Waals surface area contributed by atoms with Gasteiger partial charge in [0.1, 0.15) is 17.6 Å². The highest BCUT2D eigenvalue weighted by atomic mass is 35.5. The molecule has 31 heavy (non-hydrogen) atoms. The fourth-order valence-corrected chi connectivity index (χ4v) is 3.55. The molecule has 1 aromatic heterocycles. The first kappa shape index (κ1) is 20.9. The zero-order chi connectivity index (χ0) is 22.2. The fraction of sp³-hybridized carbons (Fsp3) is 0.154. The van der Waals surface area contributed by atoms with E-state index in [1.807, 2.05) is 12.1 Å². The molecule has 0 aliphatic rings. The van der Waals surface area contributed by atoms with E-state index in [4.69, 9.17) is 20.8 Å². The topological polar surface area (TPSA) is 56.5 Å². The normalized spacial score (nSPS) is 11.5. The number of carbonyl (C=O) groups excluding carboxylic acids is 1. The van der Waals surface area contributed by atoms with Gasteiger partial charge in [-0.25, -0.2) is 4.79 Å². The molecule has 4 nitrogen and oxygen atoms in total. The number of ether oxygens (including phenoxy) is 1. The molecule has 5 heteroatoms. The van der Waals surface area contributed by atoms with E-state index in [9.17, 15) is 9.59 Å². The van der Waals surface area contributed by atoms with Crippen molar-refractivity contribution in [3.05, 3.63) is 99.4 Å². The Morgan fingerprint density at radius 2 is 1.65 bits per heavy atom. The van der Waals surface area contributed by atoms with Crippen LogP contribution in [-0.4, -0.2) is 5.97 Å². The Balaban J connectivity index is 1.61. The summed E-state index contributed by atoms with van der Waals surface area (Å²) in [7, 11) is 0. The average Bonchev–Trinajstić information content (AvgIpc) is 2.74. The number of benzene rings is 3. The van der Waals surface area contributed by atoms with Crippen molar-refractivity contribution in [2.75, 3.05) is 0 Å². The molecule has 0 fully saturated rings. The lowest BCUT2D eigenvalue weighted by molar-refractivity contribution is 0.0735. The maximum absolute atomic E-state index is 12.9. The molecule has 4 aromatic rings. The maximum Gasteiger partial charge on any atom is 0.343 e. The van der Waals surface area contributed by atoms with Crippen molar-refractivity contribution < 1.29 is 13.9 Å². The summed E-state index contributed by atoms with van der Waals surface area (Å²) >= 11 is 6.22. The molecule has 0 saturated heterocycles. The van der Waals surface area contributed by atoms with Crippen LogP contribution < -0.4 is 10.2 Å². The molecule has 0 saturated carbocycles. The Morgan fingerprint density at radius 3 is 2.32 bits per heavy atom. The number of rotatable bonds is 3. The quantitative estimate of drug-likeness (QED) is 0.269. The molecule has 0 radical (unpaired) electrons. The van der Waals surface area contributed by atoms with Gasteiger partial charge < -0.3 is 9.15 Å². The summed E-state index contributed by atoms with van der Waals surface area (Å²) in [5.41, 5.74) is 2.69. The van der Waals surface area contributed by atoms with Gasteiger partial charge in [-0.1, -0.05) is 62.7 Å². The van der Waals surface area contributed by atoms with Gasteiger partial charge in [0.2, 0.25) is 5.43 Å². The number of fused-ring (bicyclic) bond motifs is 1. The van der Waals surface area contributed by atoms with Crippen molar-refractivity contribution in [1.29, 1.82) is 0 Å². The highest BCUT2D eigenvalue weighted by molar-refractivity contribution is 6.33. The second kappa shape index (κ2) is 8.05. The minimum absolute atomic E-state index is 0.00114. The number of hydrogen-bond donors (Lipinski definition) is 0. The van der Waals surface area contributed by atoms with Crippen molar-refractivity contribution in [3.8, 4) is 16.9 Å². The average molecular weight is 433 g/mol. The van der Waals surface area contributed by atoms with Gasteiger partial charge in [-0.3, -0.25) is 4.79 Å². The zero-order valence-corrected chi connectivity index (χ0v) is 18.2. The first-order chi connectivity index (χ1) is 14.7. The Bertz CT molecular complexity index is 1330. The van der Waals surface area contributed by atoms with Gasteiger partial charge in [-0.15, -0.1) is 0 Å². The Kier molecular flexibility index (Phi) is 5.42. The van der Waals surface area contributed by atoms with Crippen molar-refractivity contribution in [1.82, 2.24) is 0 Å². The van der Waals surface area contributed by atoms with Gasteiger partial charge in [-0.2, -0.15) is 0 Å². The molecule has 0 atom stereocenters. The number of esters is 1. The fourth-order valence-electron chi connectivity index (χ4n) is 3.31. The van der Waals surface area contributed by atoms with E-state index in [1.54, 1.807) is 48.5 Å². The second-order valence-corrected chi connectivity index (χ2v) is 8.74. The Hall–Kier alpha value is -3.37. The zero-order valence-electron chi connectivity index (χ0n) is 17.4. The molecule has 0 unspecified atom stereocenters. The van der Waals surface area contributed by atoms with Crippen LogP contribution in [0.1, 0.15) is 36.7 Å². The Labute approximate surface area is 185 Å². The predicted molar refractivity (Wildman–Crippen MR) is 123 cm³/mol. The maximum atomic E-state index is 12.9. The van der Waals surface area contributed by atoms with Crippen LogP contribution in [0.15, 0.2) is 82.2 Å². The van der Waals surface area contributed by atoms with E-state index in [0.717, 1.165) is 5.56 Å². The van der Waals surface area contributed by atoms with Gasteiger partial charge in [0.25, 0.3) is 0 Å². The van der Waals surface area contributed by atoms with Crippen molar-refractivity contribution >= 4 is 28.5 Å². The molecule has 4 rings (SSSR count). The van der Waals surface area contributed by atoms with Crippen molar-refractivity contribution in [2.24, 2.45) is 0 Å². The highest BCUT2D eigenvalue weighted by Crippen LogP contribution is 2.28. The van der Waals surface area contributed by atoms with Crippen LogP contribution in [-0.2, 0) is 5.41 Å². The van der Waals surface area contributed by atoms with Crippen molar-refractivity contribution in [3.63, 3.8) is 0 Å². The lowest BCUT2D eigenvalue weighted by atomic mass is 9.87. The summed E-state index contributed by atoms with van der Waals surface area (Å²) in [6.45, 7) is 6.33. The molecule has 0 amide bonds. The second-order valence-electron chi connectivity index (χ2n) is 8.33. The van der Waals surface area contributed by atoms with Gasteiger partial charge in [0.15, 0.2) is 0 Å². The molecular weight excluding hydrogens is 412 g/mol. The number of hydrogen-bond acceptors (Lipinski definition) is 4. The summed E-state index contributed by atoms with van der Waals surface area (Å²) in [6.07, 6.45) is 1.38.